The van der Waals surface area contributed by atoms with Gasteiger partial charge in [-0.2, -0.15) is 0 Å². The zero-order chi connectivity index (χ0) is 17.5. The van der Waals surface area contributed by atoms with Gasteiger partial charge in [0.05, 0.1) is 0 Å². The summed E-state index contributed by atoms with van der Waals surface area (Å²) in [6.07, 6.45) is 2.14. The molecule has 24 heavy (non-hydrogen) atoms. The molecule has 0 amide bonds. The summed E-state index contributed by atoms with van der Waals surface area (Å²) in [4.78, 5) is 25.3. The maximum absolute atomic E-state index is 11.9. The van der Waals surface area contributed by atoms with Crippen molar-refractivity contribution in [3.63, 3.8) is 0 Å². The van der Waals surface area contributed by atoms with Gasteiger partial charge in [0.1, 0.15) is 17.9 Å². The molecule has 0 radical (unpaired) electrons. The first kappa shape index (κ1) is 18.2. The van der Waals surface area contributed by atoms with Gasteiger partial charge >= 0.3 is 5.63 Å². The van der Waals surface area contributed by atoms with Crippen molar-refractivity contribution in [1.82, 2.24) is 4.90 Å². The fourth-order valence-corrected chi connectivity index (χ4v) is 2.76. The summed E-state index contributed by atoms with van der Waals surface area (Å²) in [5.74, 6) is 0.469. The number of rotatable bonds is 9. The number of ether oxygens (including phenoxy) is 1. The fourth-order valence-electron chi connectivity index (χ4n) is 2.76. The first-order valence-corrected chi connectivity index (χ1v) is 8.44. The van der Waals surface area contributed by atoms with Crippen LogP contribution in [0.5, 0.6) is 5.75 Å². The molecular weight excluding hydrogens is 306 g/mol. The minimum absolute atomic E-state index is 0.0101. The van der Waals surface area contributed by atoms with Crippen LogP contribution in [-0.4, -0.2) is 30.4 Å². The maximum atomic E-state index is 11.9. The Kier molecular flexibility index (Phi) is 6.55. The minimum Gasteiger partial charge on any atom is -0.486 e. The van der Waals surface area contributed by atoms with Crippen LogP contribution in [0.2, 0.25) is 0 Å². The van der Waals surface area contributed by atoms with E-state index in [1.165, 1.54) is 6.92 Å². The monoisotopic (exact) mass is 331 g/mol. The highest BCUT2D eigenvalue weighted by Crippen LogP contribution is 2.23. The van der Waals surface area contributed by atoms with Gasteiger partial charge in [0.2, 0.25) is 0 Å². The molecule has 0 spiro atoms. The second kappa shape index (κ2) is 8.64. The van der Waals surface area contributed by atoms with Crippen molar-refractivity contribution >= 4 is 16.8 Å². The van der Waals surface area contributed by atoms with E-state index in [4.69, 9.17) is 9.15 Å². The molecule has 0 unspecified atom stereocenters. The highest BCUT2D eigenvalue weighted by molar-refractivity contribution is 5.82. The third-order valence-electron chi connectivity index (χ3n) is 3.72. The molecule has 0 aliphatic carbocycles. The zero-order valence-corrected chi connectivity index (χ0v) is 14.6. The molecule has 1 aromatic carbocycles. The molecule has 0 N–H and O–H groups in total. The van der Waals surface area contributed by atoms with Crippen molar-refractivity contribution in [3.8, 4) is 5.75 Å². The first-order valence-electron chi connectivity index (χ1n) is 8.44. The third kappa shape index (κ3) is 4.93. The summed E-state index contributed by atoms with van der Waals surface area (Å²) in [5, 5.41) is 0.905. The Bertz CT molecular complexity index is 745. The van der Waals surface area contributed by atoms with Gasteiger partial charge in [-0.1, -0.05) is 13.8 Å². The van der Waals surface area contributed by atoms with E-state index in [1.807, 2.05) is 6.07 Å². The van der Waals surface area contributed by atoms with Gasteiger partial charge < -0.3 is 9.15 Å². The van der Waals surface area contributed by atoms with Gasteiger partial charge in [-0.15, -0.1) is 0 Å². The fraction of sp³-hybridized carbons (Fsp3) is 0.474. The number of hydrogen-bond donors (Lipinski definition) is 0. The number of carbonyl (C=O) groups excluding carboxylic acids is 1. The highest BCUT2D eigenvalue weighted by atomic mass is 16.5. The van der Waals surface area contributed by atoms with E-state index in [9.17, 15) is 9.59 Å². The van der Waals surface area contributed by atoms with E-state index in [1.54, 1.807) is 18.2 Å². The topological polar surface area (TPSA) is 59.8 Å². The molecule has 5 nitrogen and oxygen atoms in total. The number of fused-ring (bicyclic) bond motifs is 1. The lowest BCUT2D eigenvalue weighted by Gasteiger charge is -2.21. The molecule has 1 aromatic heterocycles. The molecule has 2 aromatic rings. The molecule has 0 saturated carbocycles. The minimum atomic E-state index is -0.367. The molecule has 130 valence electrons. The Morgan fingerprint density at radius 3 is 2.50 bits per heavy atom. The van der Waals surface area contributed by atoms with Gasteiger partial charge in [-0.3, -0.25) is 9.69 Å². The van der Waals surface area contributed by atoms with E-state index >= 15 is 0 Å². The van der Waals surface area contributed by atoms with Crippen LogP contribution in [0.15, 0.2) is 33.5 Å². The van der Waals surface area contributed by atoms with Crippen LogP contribution in [0.4, 0.5) is 0 Å². The van der Waals surface area contributed by atoms with Crippen molar-refractivity contribution < 1.29 is 13.9 Å². The van der Waals surface area contributed by atoms with Crippen LogP contribution in [0, 0.1) is 0 Å². The van der Waals surface area contributed by atoms with E-state index < -0.39 is 0 Å². The summed E-state index contributed by atoms with van der Waals surface area (Å²) in [5.41, 5.74) is 1.09. The zero-order valence-electron chi connectivity index (χ0n) is 14.6. The molecule has 0 saturated heterocycles. The van der Waals surface area contributed by atoms with Crippen LogP contribution in [0.1, 0.15) is 39.2 Å². The second-order valence-electron chi connectivity index (χ2n) is 6.02. The Balaban J connectivity index is 2.32. The Morgan fingerprint density at radius 2 is 1.88 bits per heavy atom. The predicted octanol–water partition coefficient (Wildman–Crippen LogP) is 3.38. The second-order valence-corrected chi connectivity index (χ2v) is 6.02. The summed E-state index contributed by atoms with van der Waals surface area (Å²) in [7, 11) is 0. The van der Waals surface area contributed by atoms with E-state index in [-0.39, 0.29) is 18.0 Å². The van der Waals surface area contributed by atoms with Gasteiger partial charge in [0, 0.05) is 24.1 Å². The molecule has 0 aliphatic rings. The Morgan fingerprint density at radius 1 is 1.17 bits per heavy atom. The SMILES string of the molecule is CCCN(CCC)Cc1cc(=O)oc2cc(OCC(C)=O)ccc12. The predicted molar refractivity (Wildman–Crippen MR) is 94.5 cm³/mol. The smallest absolute Gasteiger partial charge is 0.336 e. The molecule has 2 rings (SSSR count). The maximum Gasteiger partial charge on any atom is 0.336 e. The van der Waals surface area contributed by atoms with Crippen molar-refractivity contribution in [2.75, 3.05) is 19.7 Å². The van der Waals surface area contributed by atoms with Gasteiger partial charge in [0.15, 0.2) is 5.78 Å². The molecule has 0 aliphatic heterocycles. The average Bonchev–Trinajstić information content (AvgIpc) is 2.53. The standard InChI is InChI=1S/C19H25NO4/c1-4-8-20(9-5-2)12-15-10-19(22)24-18-11-16(6-7-17(15)18)23-13-14(3)21/h6-7,10-11H,4-5,8-9,12-13H2,1-3H3. The summed E-state index contributed by atoms with van der Waals surface area (Å²) in [6, 6.07) is 6.93. The lowest BCUT2D eigenvalue weighted by atomic mass is 10.1. The van der Waals surface area contributed by atoms with Crippen LogP contribution < -0.4 is 10.4 Å². The van der Waals surface area contributed by atoms with E-state index in [0.717, 1.165) is 43.4 Å². The number of benzene rings is 1. The van der Waals surface area contributed by atoms with Crippen LogP contribution in [0.3, 0.4) is 0 Å². The molecular formula is C19H25NO4. The van der Waals surface area contributed by atoms with Crippen LogP contribution in [-0.2, 0) is 11.3 Å². The number of carbonyl (C=O) groups is 1. The lowest BCUT2D eigenvalue weighted by Crippen LogP contribution is -2.25. The van der Waals surface area contributed by atoms with Crippen LogP contribution >= 0.6 is 0 Å². The van der Waals surface area contributed by atoms with Crippen molar-refractivity contribution in [3.05, 3.63) is 40.2 Å². The van der Waals surface area contributed by atoms with Gasteiger partial charge in [0.25, 0.3) is 0 Å². The number of nitrogens with zero attached hydrogens (tertiary/aromatic N) is 1. The normalized spacial score (nSPS) is 11.2. The van der Waals surface area contributed by atoms with Gasteiger partial charge in [-0.25, -0.2) is 4.79 Å². The molecule has 1 heterocycles. The average molecular weight is 331 g/mol. The van der Waals surface area contributed by atoms with E-state index in [0.29, 0.717) is 11.3 Å². The van der Waals surface area contributed by atoms with E-state index in [2.05, 4.69) is 18.7 Å². The first-order chi connectivity index (χ1) is 11.5. The third-order valence-corrected chi connectivity index (χ3v) is 3.72. The number of ketones is 1. The Labute approximate surface area is 142 Å². The quantitative estimate of drug-likeness (QED) is 0.659. The van der Waals surface area contributed by atoms with Crippen molar-refractivity contribution in [1.29, 1.82) is 0 Å². The van der Waals surface area contributed by atoms with Crippen LogP contribution in [0.25, 0.3) is 11.0 Å². The Hall–Kier alpha value is -2.14. The molecule has 0 atom stereocenters. The molecule has 0 bridgehead atoms. The van der Waals surface area contributed by atoms with Crippen molar-refractivity contribution in [2.45, 2.75) is 40.2 Å². The molecule has 0 fully saturated rings. The lowest BCUT2D eigenvalue weighted by molar-refractivity contribution is -0.118. The largest absolute Gasteiger partial charge is 0.486 e. The van der Waals surface area contributed by atoms with Gasteiger partial charge in [-0.05, 0) is 50.6 Å². The number of hydrogen-bond acceptors (Lipinski definition) is 5. The highest BCUT2D eigenvalue weighted by Gasteiger charge is 2.11. The molecule has 5 heteroatoms. The van der Waals surface area contributed by atoms with Crippen molar-refractivity contribution in [2.24, 2.45) is 0 Å². The summed E-state index contributed by atoms with van der Waals surface area (Å²) in [6.45, 7) is 8.49. The summed E-state index contributed by atoms with van der Waals surface area (Å²) >= 11 is 0. The number of Topliss-reactive ketones (excluding diaryl/α,β-unsaturated/α-hetero) is 1. The summed E-state index contributed by atoms with van der Waals surface area (Å²) < 4.78 is 10.7.